The Hall–Kier alpha value is -1.59. The van der Waals surface area contributed by atoms with Gasteiger partial charge in [0.15, 0.2) is 0 Å². The topological polar surface area (TPSA) is 42.0 Å². The highest BCUT2D eigenvalue weighted by Gasteiger charge is 2.41. The minimum atomic E-state index is 0.262. The molecule has 0 saturated carbocycles. The molecule has 1 atom stereocenters. The summed E-state index contributed by atoms with van der Waals surface area (Å²) in [5.74, 6) is 1.29. The highest BCUT2D eigenvalue weighted by atomic mass is 16.5. The number of likely N-dealkylation sites (tertiary alicyclic amines) is 2. The van der Waals surface area contributed by atoms with Crippen molar-refractivity contribution in [3.05, 3.63) is 29.3 Å². The largest absolute Gasteiger partial charge is 0.496 e. The second-order valence-electron chi connectivity index (χ2n) is 8.99. The van der Waals surface area contributed by atoms with Gasteiger partial charge in [-0.15, -0.1) is 0 Å². The third kappa shape index (κ3) is 4.36. The van der Waals surface area contributed by atoms with E-state index in [0.29, 0.717) is 17.7 Å². The van der Waals surface area contributed by atoms with Crippen molar-refractivity contribution in [1.82, 2.24) is 9.80 Å². The van der Waals surface area contributed by atoms with Gasteiger partial charge in [0.1, 0.15) is 5.75 Å². The summed E-state index contributed by atoms with van der Waals surface area (Å²) in [6.07, 6.45) is 6.66. The fourth-order valence-corrected chi connectivity index (χ4v) is 5.19. The Labute approximate surface area is 169 Å². The molecule has 1 aromatic rings. The van der Waals surface area contributed by atoms with Gasteiger partial charge in [0.2, 0.25) is 5.91 Å². The number of piperidine rings is 2. The minimum Gasteiger partial charge on any atom is -0.496 e. The molecule has 0 radical (unpaired) electrons. The molecule has 5 nitrogen and oxygen atoms in total. The van der Waals surface area contributed by atoms with Crippen molar-refractivity contribution in [2.45, 2.75) is 58.1 Å². The highest BCUT2D eigenvalue weighted by molar-refractivity contribution is 5.77. The lowest BCUT2D eigenvalue weighted by Gasteiger charge is -2.48. The maximum absolute atomic E-state index is 12.4. The molecule has 3 fully saturated rings. The van der Waals surface area contributed by atoms with Crippen LogP contribution >= 0.6 is 0 Å². The fourth-order valence-electron chi connectivity index (χ4n) is 5.19. The molecule has 1 amide bonds. The maximum Gasteiger partial charge on any atom is 0.222 e. The number of hydrogen-bond acceptors (Lipinski definition) is 4. The Balaban J connectivity index is 1.32. The number of aryl methyl sites for hydroxylation is 1. The molecule has 3 saturated heterocycles. The van der Waals surface area contributed by atoms with Gasteiger partial charge in [-0.3, -0.25) is 9.69 Å². The summed E-state index contributed by atoms with van der Waals surface area (Å²) in [5.41, 5.74) is 2.87. The van der Waals surface area contributed by atoms with E-state index >= 15 is 0 Å². The molecule has 1 spiro atoms. The molecule has 3 aliphatic rings. The van der Waals surface area contributed by atoms with Crippen molar-refractivity contribution >= 4 is 5.91 Å². The molecular weight excluding hydrogens is 352 g/mol. The van der Waals surface area contributed by atoms with Crippen LogP contribution in [0.5, 0.6) is 5.75 Å². The Morgan fingerprint density at radius 2 is 2.07 bits per heavy atom. The second kappa shape index (κ2) is 8.42. The zero-order valence-electron chi connectivity index (χ0n) is 17.4. The minimum absolute atomic E-state index is 0.262. The second-order valence-corrected chi connectivity index (χ2v) is 8.99. The first-order valence-electron chi connectivity index (χ1n) is 10.8. The van der Waals surface area contributed by atoms with E-state index in [1.165, 1.54) is 24.0 Å². The lowest BCUT2D eigenvalue weighted by atomic mass is 9.72. The smallest absolute Gasteiger partial charge is 0.222 e. The standard InChI is InChI=1S/C23H34N2O3/c1-18-14-19(5-6-21(18)27-2)15-24-11-9-23(10-12-24)8-7-22(26)25(17-23)16-20-4-3-13-28-20/h5-6,14,20H,3-4,7-13,15-17H2,1-2H3/t20-/m0/s1. The van der Waals surface area contributed by atoms with Gasteiger partial charge >= 0.3 is 0 Å². The average Bonchev–Trinajstić information content (AvgIpc) is 3.20. The highest BCUT2D eigenvalue weighted by Crippen LogP contribution is 2.40. The fraction of sp³-hybridized carbons (Fsp3) is 0.696. The van der Waals surface area contributed by atoms with Gasteiger partial charge in [-0.25, -0.2) is 0 Å². The Kier molecular flexibility index (Phi) is 5.93. The molecule has 0 aromatic heterocycles. The molecule has 3 aliphatic heterocycles. The molecule has 3 heterocycles. The van der Waals surface area contributed by atoms with E-state index in [1.807, 2.05) is 0 Å². The summed E-state index contributed by atoms with van der Waals surface area (Å²) in [5, 5.41) is 0. The molecule has 4 rings (SSSR count). The molecule has 154 valence electrons. The maximum atomic E-state index is 12.4. The summed E-state index contributed by atoms with van der Waals surface area (Å²) in [7, 11) is 1.73. The molecule has 28 heavy (non-hydrogen) atoms. The number of carbonyl (C=O) groups excluding carboxylic acids is 1. The normalized spacial score (nSPS) is 25.4. The predicted molar refractivity (Wildman–Crippen MR) is 109 cm³/mol. The van der Waals surface area contributed by atoms with Gasteiger partial charge < -0.3 is 14.4 Å². The Morgan fingerprint density at radius 3 is 2.75 bits per heavy atom. The van der Waals surface area contributed by atoms with Crippen LogP contribution in [0.1, 0.15) is 49.7 Å². The molecule has 1 aromatic carbocycles. The first-order valence-corrected chi connectivity index (χ1v) is 10.8. The number of methoxy groups -OCH3 is 1. The van der Waals surface area contributed by atoms with Gasteiger partial charge in [-0.2, -0.15) is 0 Å². The van der Waals surface area contributed by atoms with Crippen molar-refractivity contribution in [2.24, 2.45) is 5.41 Å². The van der Waals surface area contributed by atoms with Crippen LogP contribution in [-0.2, 0) is 16.1 Å². The first kappa shape index (κ1) is 19.7. The van der Waals surface area contributed by atoms with Crippen LogP contribution in [0.25, 0.3) is 0 Å². The van der Waals surface area contributed by atoms with E-state index in [9.17, 15) is 4.79 Å². The number of ether oxygens (including phenoxy) is 2. The Bertz CT molecular complexity index is 691. The van der Waals surface area contributed by atoms with Crippen molar-refractivity contribution in [1.29, 1.82) is 0 Å². The van der Waals surface area contributed by atoms with Crippen LogP contribution in [0.2, 0.25) is 0 Å². The molecular formula is C23H34N2O3. The van der Waals surface area contributed by atoms with E-state index < -0.39 is 0 Å². The predicted octanol–water partition coefficient (Wildman–Crippen LogP) is 3.39. The van der Waals surface area contributed by atoms with Crippen molar-refractivity contribution in [2.75, 3.05) is 39.9 Å². The number of carbonyl (C=O) groups is 1. The van der Waals surface area contributed by atoms with Crippen molar-refractivity contribution in [3.63, 3.8) is 0 Å². The van der Waals surface area contributed by atoms with Crippen LogP contribution in [0.3, 0.4) is 0 Å². The van der Waals surface area contributed by atoms with Crippen LogP contribution in [-0.4, -0.2) is 61.7 Å². The van der Waals surface area contributed by atoms with E-state index in [4.69, 9.17) is 9.47 Å². The van der Waals surface area contributed by atoms with Crippen LogP contribution < -0.4 is 4.74 Å². The lowest BCUT2D eigenvalue weighted by Crippen LogP contribution is -2.52. The number of rotatable bonds is 5. The monoisotopic (exact) mass is 386 g/mol. The third-order valence-electron chi connectivity index (χ3n) is 6.98. The lowest BCUT2D eigenvalue weighted by molar-refractivity contribution is -0.141. The van der Waals surface area contributed by atoms with Crippen LogP contribution in [0, 0.1) is 12.3 Å². The summed E-state index contributed by atoms with van der Waals surface area (Å²) in [4.78, 5) is 17.1. The summed E-state index contributed by atoms with van der Waals surface area (Å²) in [6, 6.07) is 6.50. The van der Waals surface area contributed by atoms with Crippen molar-refractivity contribution in [3.8, 4) is 5.75 Å². The first-order chi connectivity index (χ1) is 13.6. The average molecular weight is 387 g/mol. The molecule has 0 N–H and O–H groups in total. The van der Waals surface area contributed by atoms with Crippen LogP contribution in [0.15, 0.2) is 18.2 Å². The molecule has 0 bridgehead atoms. The number of amides is 1. The summed E-state index contributed by atoms with van der Waals surface area (Å²) in [6.45, 7) is 7.93. The van der Waals surface area contributed by atoms with Gasteiger partial charge in [0.25, 0.3) is 0 Å². The summed E-state index contributed by atoms with van der Waals surface area (Å²) >= 11 is 0. The van der Waals surface area contributed by atoms with E-state index in [-0.39, 0.29) is 6.10 Å². The van der Waals surface area contributed by atoms with E-state index in [0.717, 1.165) is 64.3 Å². The number of nitrogens with zero attached hydrogens (tertiary/aromatic N) is 2. The van der Waals surface area contributed by atoms with E-state index in [2.05, 4.69) is 34.9 Å². The molecule has 5 heteroatoms. The number of benzene rings is 1. The molecule has 0 unspecified atom stereocenters. The quantitative estimate of drug-likeness (QED) is 0.778. The van der Waals surface area contributed by atoms with Gasteiger partial charge in [0, 0.05) is 32.7 Å². The van der Waals surface area contributed by atoms with Gasteiger partial charge in [0.05, 0.1) is 13.2 Å². The van der Waals surface area contributed by atoms with Gasteiger partial charge in [-0.1, -0.05) is 12.1 Å². The number of hydrogen-bond donors (Lipinski definition) is 0. The zero-order valence-corrected chi connectivity index (χ0v) is 17.4. The SMILES string of the molecule is COc1ccc(CN2CCC3(CCC(=O)N(C[C@@H]4CCCO4)C3)CC2)cc1C. The van der Waals surface area contributed by atoms with Gasteiger partial charge in [-0.05, 0) is 74.7 Å². The van der Waals surface area contributed by atoms with Crippen molar-refractivity contribution < 1.29 is 14.3 Å². The van der Waals surface area contributed by atoms with E-state index in [1.54, 1.807) is 7.11 Å². The Morgan fingerprint density at radius 1 is 1.25 bits per heavy atom. The zero-order chi connectivity index (χ0) is 19.6. The molecule has 0 aliphatic carbocycles. The van der Waals surface area contributed by atoms with Crippen LogP contribution in [0.4, 0.5) is 0 Å². The third-order valence-corrected chi connectivity index (χ3v) is 6.98. The summed E-state index contributed by atoms with van der Waals surface area (Å²) < 4.78 is 11.2.